The molecule has 2 aliphatic heterocycles. The zero-order valence-corrected chi connectivity index (χ0v) is 18.6. The van der Waals surface area contributed by atoms with Crippen LogP contribution < -0.4 is 4.90 Å². The molecule has 174 valence electrons. The predicted molar refractivity (Wildman–Crippen MR) is 111 cm³/mol. The van der Waals surface area contributed by atoms with E-state index in [0.717, 1.165) is 25.9 Å². The van der Waals surface area contributed by atoms with E-state index in [1.807, 2.05) is 13.8 Å². The van der Waals surface area contributed by atoms with Crippen molar-refractivity contribution in [1.29, 1.82) is 0 Å². The van der Waals surface area contributed by atoms with E-state index < -0.39 is 24.0 Å². The Hall–Kier alpha value is -2.17. The summed E-state index contributed by atoms with van der Waals surface area (Å²) in [6, 6.07) is 0.745. The van der Waals surface area contributed by atoms with Crippen LogP contribution in [0.4, 0.5) is 5.82 Å². The number of carbonyl (C=O) groups excluding carboxylic acids is 1. The number of aromatic nitrogens is 1. The van der Waals surface area contributed by atoms with Crippen molar-refractivity contribution in [1.82, 2.24) is 10.1 Å². The zero-order chi connectivity index (χ0) is 22.7. The largest absolute Gasteiger partial charge is 0.480 e. The summed E-state index contributed by atoms with van der Waals surface area (Å²) in [4.78, 5) is 28.1. The number of β-amino-alcohol motifs (C(OH)–C–C–N with tert-alkyl or cyclic N) is 1. The molecule has 0 radical (unpaired) electrons. The van der Waals surface area contributed by atoms with Crippen LogP contribution in [0.15, 0.2) is 10.6 Å². The highest BCUT2D eigenvalue weighted by Gasteiger charge is 2.43. The van der Waals surface area contributed by atoms with Gasteiger partial charge in [0.05, 0.1) is 6.10 Å². The molecule has 10 nitrogen and oxygen atoms in total. The van der Waals surface area contributed by atoms with E-state index in [1.54, 1.807) is 20.3 Å². The number of amides is 1. The second-order valence-electron chi connectivity index (χ2n) is 8.71. The van der Waals surface area contributed by atoms with Gasteiger partial charge in [0.1, 0.15) is 12.0 Å². The quantitative estimate of drug-likeness (QED) is 0.576. The number of ether oxygens (including phenoxy) is 2. The highest BCUT2D eigenvalue weighted by molar-refractivity contribution is 5.88. The molecule has 2 fully saturated rings. The van der Waals surface area contributed by atoms with Crippen molar-refractivity contribution >= 4 is 17.7 Å². The average molecular weight is 440 g/mol. The molecule has 1 aromatic rings. The fraction of sp³-hybridized carbons (Fsp3) is 0.762. The van der Waals surface area contributed by atoms with Crippen LogP contribution in [0.5, 0.6) is 0 Å². The molecule has 0 unspecified atom stereocenters. The van der Waals surface area contributed by atoms with Crippen LogP contribution in [0.25, 0.3) is 0 Å². The number of carboxylic acids is 1. The Bertz CT molecular complexity index is 756. The first-order valence-electron chi connectivity index (χ1n) is 10.7. The van der Waals surface area contributed by atoms with Gasteiger partial charge in [-0.25, -0.2) is 4.79 Å². The third kappa shape index (κ3) is 5.02. The number of hydrogen-bond donors (Lipinski definition) is 2. The molecule has 3 atom stereocenters. The van der Waals surface area contributed by atoms with Crippen molar-refractivity contribution in [3.63, 3.8) is 0 Å². The molecule has 1 amide bonds. The molecule has 0 bridgehead atoms. The smallest absolute Gasteiger partial charge is 0.326 e. The Labute approximate surface area is 182 Å². The average Bonchev–Trinajstić information content (AvgIpc) is 3.36. The summed E-state index contributed by atoms with van der Waals surface area (Å²) in [6.07, 6.45) is 0.732. The van der Waals surface area contributed by atoms with Gasteiger partial charge in [-0.15, -0.1) is 0 Å². The lowest BCUT2D eigenvalue weighted by Crippen LogP contribution is -2.44. The lowest BCUT2D eigenvalue weighted by atomic mass is 9.91. The second kappa shape index (κ2) is 9.97. The molecule has 3 heterocycles. The van der Waals surface area contributed by atoms with Gasteiger partial charge in [-0.1, -0.05) is 19.0 Å². The maximum absolute atomic E-state index is 13.2. The van der Waals surface area contributed by atoms with Crippen LogP contribution in [0.2, 0.25) is 0 Å². The maximum atomic E-state index is 13.2. The van der Waals surface area contributed by atoms with Crippen LogP contribution in [-0.4, -0.2) is 84.4 Å². The van der Waals surface area contributed by atoms with E-state index in [2.05, 4.69) is 10.1 Å². The molecular weight excluding hydrogens is 406 g/mol. The van der Waals surface area contributed by atoms with Crippen LogP contribution in [0.3, 0.4) is 0 Å². The number of anilines is 1. The van der Waals surface area contributed by atoms with E-state index in [4.69, 9.17) is 14.0 Å². The molecule has 1 aromatic heterocycles. The summed E-state index contributed by atoms with van der Waals surface area (Å²) in [5.74, 6) is -0.893. The minimum atomic E-state index is -1.11. The molecule has 3 rings (SSSR count). The Morgan fingerprint density at radius 2 is 1.87 bits per heavy atom. The number of carbonyl (C=O) groups is 2. The number of hydrogen-bond acceptors (Lipinski definition) is 8. The molecule has 0 spiro atoms. The molecule has 31 heavy (non-hydrogen) atoms. The van der Waals surface area contributed by atoms with Crippen LogP contribution in [0.1, 0.15) is 44.8 Å². The normalized spacial score (nSPS) is 23.7. The monoisotopic (exact) mass is 439 g/mol. The van der Waals surface area contributed by atoms with Crippen molar-refractivity contribution in [2.75, 3.05) is 38.8 Å². The van der Waals surface area contributed by atoms with E-state index in [-0.39, 0.29) is 31.1 Å². The highest BCUT2D eigenvalue weighted by Crippen LogP contribution is 2.33. The van der Waals surface area contributed by atoms with Crippen LogP contribution >= 0.6 is 0 Å². The van der Waals surface area contributed by atoms with E-state index in [0.29, 0.717) is 17.5 Å². The summed E-state index contributed by atoms with van der Waals surface area (Å²) >= 11 is 0. The molecule has 2 aliphatic rings. The number of aliphatic hydroxyl groups is 1. The van der Waals surface area contributed by atoms with Gasteiger partial charge in [0, 0.05) is 52.3 Å². The number of likely N-dealkylation sites (tertiary alicyclic amines) is 1. The zero-order valence-electron chi connectivity index (χ0n) is 18.6. The highest BCUT2D eigenvalue weighted by atomic mass is 16.7. The number of methoxy groups -OCH3 is 2. The van der Waals surface area contributed by atoms with Gasteiger partial charge in [-0.05, 0) is 18.8 Å². The molecule has 0 aliphatic carbocycles. The summed E-state index contributed by atoms with van der Waals surface area (Å²) in [6.45, 7) is 5.30. The number of rotatable bonds is 8. The lowest BCUT2D eigenvalue weighted by Gasteiger charge is -2.34. The SMILES string of the molecule is COC(OC)C1CCN(c2cc([C@H](C(=O)N3C[C@H](O)C[C@H]3C(=O)O)C(C)C)on2)CC1. The lowest BCUT2D eigenvalue weighted by molar-refractivity contribution is -0.149. The Morgan fingerprint density at radius 1 is 1.23 bits per heavy atom. The Balaban J connectivity index is 1.72. The summed E-state index contributed by atoms with van der Waals surface area (Å²) < 4.78 is 16.3. The van der Waals surface area contributed by atoms with E-state index in [9.17, 15) is 19.8 Å². The minimum absolute atomic E-state index is 0.00763. The van der Waals surface area contributed by atoms with Crippen molar-refractivity contribution in [3.8, 4) is 0 Å². The predicted octanol–water partition coefficient (Wildman–Crippen LogP) is 1.30. The molecular formula is C21H33N3O7. The number of nitrogens with zero attached hydrogens (tertiary/aromatic N) is 3. The van der Waals surface area contributed by atoms with E-state index >= 15 is 0 Å². The molecule has 2 saturated heterocycles. The third-order valence-electron chi connectivity index (χ3n) is 6.32. The van der Waals surface area contributed by atoms with Gasteiger partial charge in [0.25, 0.3) is 0 Å². The first-order chi connectivity index (χ1) is 14.8. The topological polar surface area (TPSA) is 126 Å². The maximum Gasteiger partial charge on any atom is 0.326 e. The first kappa shape index (κ1) is 23.5. The van der Waals surface area contributed by atoms with Crippen molar-refractivity contribution in [2.45, 2.75) is 57.5 Å². The number of carboxylic acid groups (broad SMARTS) is 1. The van der Waals surface area contributed by atoms with Gasteiger partial charge in [-0.2, -0.15) is 0 Å². The summed E-state index contributed by atoms with van der Waals surface area (Å²) in [5.41, 5.74) is 0. The minimum Gasteiger partial charge on any atom is -0.480 e. The fourth-order valence-electron chi connectivity index (χ4n) is 4.66. The number of aliphatic carboxylic acids is 1. The third-order valence-corrected chi connectivity index (χ3v) is 6.32. The molecule has 2 N–H and O–H groups in total. The van der Waals surface area contributed by atoms with Gasteiger partial charge in [0.2, 0.25) is 5.91 Å². The Kier molecular flexibility index (Phi) is 7.55. The molecule has 0 aromatic carbocycles. The summed E-state index contributed by atoms with van der Waals surface area (Å²) in [7, 11) is 3.28. The van der Waals surface area contributed by atoms with Crippen LogP contribution in [-0.2, 0) is 19.1 Å². The standard InChI is InChI=1S/C21H33N3O7/c1-12(2)18(19(26)24-11-14(25)9-15(24)20(27)28)16-10-17(22-31-16)23-7-5-13(6-8-23)21(29-3)30-4/h10,12-15,18,21,25H,5-9,11H2,1-4H3,(H,27,28)/t14-,15+,18-/m1/s1. The van der Waals surface area contributed by atoms with Crippen molar-refractivity contribution < 1.29 is 33.8 Å². The van der Waals surface area contributed by atoms with Gasteiger partial charge >= 0.3 is 5.97 Å². The van der Waals surface area contributed by atoms with Crippen molar-refractivity contribution in [2.24, 2.45) is 11.8 Å². The van der Waals surface area contributed by atoms with Gasteiger partial charge in [0.15, 0.2) is 17.9 Å². The van der Waals surface area contributed by atoms with Gasteiger partial charge < -0.3 is 34.0 Å². The molecule has 0 saturated carbocycles. The van der Waals surface area contributed by atoms with Crippen LogP contribution in [0, 0.1) is 11.8 Å². The molecule has 10 heteroatoms. The van der Waals surface area contributed by atoms with Crippen molar-refractivity contribution in [3.05, 3.63) is 11.8 Å². The second-order valence-corrected chi connectivity index (χ2v) is 8.71. The number of piperidine rings is 1. The van der Waals surface area contributed by atoms with E-state index in [1.165, 1.54) is 4.90 Å². The fourth-order valence-corrected chi connectivity index (χ4v) is 4.66. The van der Waals surface area contributed by atoms with Gasteiger partial charge in [-0.3, -0.25) is 4.79 Å². The number of aliphatic hydroxyl groups excluding tert-OH is 1. The summed E-state index contributed by atoms with van der Waals surface area (Å²) in [5, 5.41) is 23.5. The first-order valence-corrected chi connectivity index (χ1v) is 10.7. The Morgan fingerprint density at radius 3 is 2.42 bits per heavy atom.